The van der Waals surface area contributed by atoms with Crippen molar-refractivity contribution >= 4 is 17.4 Å². The number of rotatable bonds is 2. The molecule has 2 aromatic heterocycles. The van der Waals surface area contributed by atoms with Crippen molar-refractivity contribution in [2.24, 2.45) is 0 Å². The van der Waals surface area contributed by atoms with E-state index >= 15 is 0 Å². The van der Waals surface area contributed by atoms with Gasteiger partial charge in [0, 0.05) is 31.0 Å². The molecule has 0 unspecified atom stereocenters. The van der Waals surface area contributed by atoms with Crippen LogP contribution in [-0.2, 0) is 4.79 Å². The van der Waals surface area contributed by atoms with Crippen LogP contribution in [0.4, 0.5) is 11.5 Å². The highest BCUT2D eigenvalue weighted by atomic mass is 16.2. The molecule has 1 aromatic carbocycles. The molecule has 2 bridgehead atoms. The van der Waals surface area contributed by atoms with Gasteiger partial charge in [0.2, 0.25) is 5.95 Å². The Hall–Kier alpha value is -3.22. The van der Waals surface area contributed by atoms with Crippen molar-refractivity contribution in [3.63, 3.8) is 0 Å². The van der Waals surface area contributed by atoms with Crippen LogP contribution >= 0.6 is 0 Å². The molecule has 5 heterocycles. The fourth-order valence-corrected chi connectivity index (χ4v) is 5.20. The number of amides is 1. The van der Waals surface area contributed by atoms with E-state index in [9.17, 15) is 4.79 Å². The number of anilines is 2. The molecule has 2 saturated heterocycles. The highest BCUT2D eigenvalue weighted by molar-refractivity contribution is 6.08. The third-order valence-corrected chi connectivity index (χ3v) is 6.53. The summed E-state index contributed by atoms with van der Waals surface area (Å²) in [6.07, 6.45) is 9.37. The molecule has 0 saturated carbocycles. The predicted octanol–water partition coefficient (Wildman–Crippen LogP) is 2.81. The first kappa shape index (κ1) is 15.8. The quantitative estimate of drug-likeness (QED) is 0.692. The number of imidazole rings is 1. The van der Waals surface area contributed by atoms with Crippen LogP contribution in [-0.4, -0.2) is 44.1 Å². The number of hydrogen-bond donors (Lipinski definition) is 0. The van der Waals surface area contributed by atoms with Crippen molar-refractivity contribution in [3.8, 4) is 17.3 Å². The molecule has 1 amide bonds. The second kappa shape index (κ2) is 5.41. The minimum absolute atomic E-state index is 0.184. The van der Waals surface area contributed by atoms with E-state index in [1.807, 2.05) is 48.1 Å². The molecule has 0 aliphatic carbocycles. The second-order valence-electron chi connectivity index (χ2n) is 7.86. The molecule has 0 atom stereocenters. The van der Waals surface area contributed by atoms with Crippen LogP contribution in [0.5, 0.6) is 0 Å². The van der Waals surface area contributed by atoms with Crippen molar-refractivity contribution in [3.05, 3.63) is 48.9 Å². The first-order valence-corrected chi connectivity index (χ1v) is 9.73. The Balaban J connectivity index is 1.51. The summed E-state index contributed by atoms with van der Waals surface area (Å²) in [6, 6.07) is 10.4. The lowest BCUT2D eigenvalue weighted by molar-refractivity contribution is -0.123. The number of likely N-dealkylation sites (N-methyl/N-ethyl adjacent to an activating group) is 1. The van der Waals surface area contributed by atoms with Crippen molar-refractivity contribution in [1.29, 1.82) is 0 Å². The van der Waals surface area contributed by atoms with Gasteiger partial charge in [-0.25, -0.2) is 9.97 Å². The average molecular weight is 372 g/mol. The van der Waals surface area contributed by atoms with Crippen LogP contribution in [0.2, 0.25) is 0 Å². The van der Waals surface area contributed by atoms with E-state index in [4.69, 9.17) is 4.98 Å². The van der Waals surface area contributed by atoms with Gasteiger partial charge in [-0.05, 0) is 25.7 Å². The first-order chi connectivity index (χ1) is 13.7. The molecule has 3 aliphatic rings. The van der Waals surface area contributed by atoms with E-state index in [-0.39, 0.29) is 5.91 Å². The summed E-state index contributed by atoms with van der Waals surface area (Å²) < 4.78 is 1.91. The highest BCUT2D eigenvalue weighted by Crippen LogP contribution is 2.54. The van der Waals surface area contributed by atoms with Gasteiger partial charge < -0.3 is 9.80 Å². The van der Waals surface area contributed by atoms with Crippen molar-refractivity contribution in [2.45, 2.75) is 37.3 Å². The Labute approximate surface area is 162 Å². The fraction of sp³-hybridized carbons (Fsp3) is 0.333. The zero-order valence-electron chi connectivity index (χ0n) is 15.6. The van der Waals surface area contributed by atoms with Gasteiger partial charge in [-0.3, -0.25) is 9.36 Å². The molecule has 0 N–H and O–H groups in total. The normalized spacial score (nSPS) is 25.2. The van der Waals surface area contributed by atoms with E-state index in [1.165, 1.54) is 0 Å². The monoisotopic (exact) mass is 372 g/mol. The van der Waals surface area contributed by atoms with E-state index in [2.05, 4.69) is 14.9 Å². The van der Waals surface area contributed by atoms with Crippen molar-refractivity contribution < 1.29 is 4.79 Å². The van der Waals surface area contributed by atoms with Gasteiger partial charge in [-0.2, -0.15) is 4.98 Å². The first-order valence-electron chi connectivity index (χ1n) is 9.73. The van der Waals surface area contributed by atoms with Crippen molar-refractivity contribution in [1.82, 2.24) is 19.5 Å². The lowest BCUT2D eigenvalue weighted by atomic mass is 9.85. The third kappa shape index (κ3) is 1.88. The molecular weight excluding hydrogens is 352 g/mol. The van der Waals surface area contributed by atoms with Gasteiger partial charge in [0.1, 0.15) is 17.1 Å². The number of benzene rings is 1. The number of fused-ring (bicyclic) bond motifs is 1. The summed E-state index contributed by atoms with van der Waals surface area (Å²) >= 11 is 0. The maximum absolute atomic E-state index is 13.1. The molecule has 0 spiro atoms. The molecule has 6 rings (SSSR count). The molecule has 28 heavy (non-hydrogen) atoms. The maximum atomic E-state index is 13.1. The van der Waals surface area contributed by atoms with Crippen LogP contribution in [0, 0.1) is 0 Å². The predicted molar refractivity (Wildman–Crippen MR) is 105 cm³/mol. The summed E-state index contributed by atoms with van der Waals surface area (Å²) in [7, 11) is 1.84. The van der Waals surface area contributed by atoms with Gasteiger partial charge in [0.15, 0.2) is 5.82 Å². The molecule has 2 fully saturated rings. The Kier molecular flexibility index (Phi) is 3.05. The second-order valence-corrected chi connectivity index (χ2v) is 7.86. The Bertz CT molecular complexity index is 1080. The molecule has 3 aliphatic heterocycles. The number of aromatic nitrogens is 4. The average Bonchev–Trinajstić information content (AvgIpc) is 3.46. The van der Waals surface area contributed by atoms with E-state index in [0.717, 1.165) is 48.6 Å². The maximum Gasteiger partial charge on any atom is 0.252 e. The van der Waals surface area contributed by atoms with E-state index in [1.54, 1.807) is 17.3 Å². The number of hydrogen-bond acceptors (Lipinski definition) is 5. The molecule has 3 aromatic rings. The lowest BCUT2D eigenvalue weighted by Gasteiger charge is -2.43. The van der Waals surface area contributed by atoms with Gasteiger partial charge in [0.05, 0.1) is 6.20 Å². The fourth-order valence-electron chi connectivity index (χ4n) is 5.20. The van der Waals surface area contributed by atoms with E-state index in [0.29, 0.717) is 12.0 Å². The highest BCUT2D eigenvalue weighted by Gasteiger charge is 2.61. The lowest BCUT2D eigenvalue weighted by Crippen LogP contribution is -2.58. The van der Waals surface area contributed by atoms with Crippen molar-refractivity contribution in [2.75, 3.05) is 16.8 Å². The van der Waals surface area contributed by atoms with E-state index < -0.39 is 5.54 Å². The number of nitrogens with zero attached hydrogens (tertiary/aromatic N) is 6. The minimum Gasteiger partial charge on any atom is -0.337 e. The largest absolute Gasteiger partial charge is 0.337 e. The zero-order chi connectivity index (χ0) is 18.9. The summed E-state index contributed by atoms with van der Waals surface area (Å²) in [5.74, 6) is 2.45. The van der Waals surface area contributed by atoms with Gasteiger partial charge in [0.25, 0.3) is 5.91 Å². The number of carbonyl (C=O) groups is 1. The minimum atomic E-state index is -0.408. The summed E-state index contributed by atoms with van der Waals surface area (Å²) in [5, 5.41) is 0. The van der Waals surface area contributed by atoms with Gasteiger partial charge in [-0.1, -0.05) is 30.3 Å². The van der Waals surface area contributed by atoms with Gasteiger partial charge >= 0.3 is 0 Å². The Morgan fingerprint density at radius 1 is 1.11 bits per heavy atom. The molecule has 7 heteroatoms. The van der Waals surface area contributed by atoms with Gasteiger partial charge in [-0.15, -0.1) is 0 Å². The third-order valence-electron chi connectivity index (χ3n) is 6.53. The SMILES string of the molecule is CN1C(=O)C23CCC(CC2)N3c2nc(-n3ccnc3-c3ccccc3)ncc21. The molecule has 7 nitrogen and oxygen atoms in total. The molecular formula is C21H20N6O. The smallest absolute Gasteiger partial charge is 0.252 e. The van der Waals surface area contributed by atoms with Crippen LogP contribution in [0.15, 0.2) is 48.9 Å². The topological polar surface area (TPSA) is 67.2 Å². The number of carbonyl (C=O) groups excluding carboxylic acids is 1. The van der Waals surface area contributed by atoms with Crippen LogP contribution in [0.25, 0.3) is 17.3 Å². The summed E-state index contributed by atoms with van der Waals surface area (Å²) in [4.78, 5) is 31.2. The summed E-state index contributed by atoms with van der Waals surface area (Å²) in [6.45, 7) is 0. The van der Waals surface area contributed by atoms with Crippen LogP contribution < -0.4 is 9.80 Å². The molecule has 0 radical (unpaired) electrons. The summed E-state index contributed by atoms with van der Waals surface area (Å²) in [5.41, 5.74) is 1.40. The molecule has 140 valence electrons. The van der Waals surface area contributed by atoms with Crippen LogP contribution in [0.1, 0.15) is 25.7 Å². The Morgan fingerprint density at radius 2 is 1.89 bits per heavy atom. The zero-order valence-corrected chi connectivity index (χ0v) is 15.6. The Morgan fingerprint density at radius 3 is 2.68 bits per heavy atom. The van der Waals surface area contributed by atoms with Crippen LogP contribution in [0.3, 0.4) is 0 Å². The standard InChI is InChI=1S/C21H20N6O/c1-25-16-13-23-20(26-12-11-22-17(26)14-5-3-2-4-6-14)24-18(16)27-15-7-9-21(27,10-8-15)19(25)28/h2-6,11-13,15H,7-10H2,1H3.